The van der Waals surface area contributed by atoms with Gasteiger partial charge in [-0.05, 0) is 69.1 Å². The highest BCUT2D eigenvalue weighted by atomic mass is 16.4. The molecule has 0 unspecified atom stereocenters. The number of carbonyl (C=O) groups is 1. The molecule has 0 heterocycles. The van der Waals surface area contributed by atoms with Gasteiger partial charge >= 0.3 is 5.97 Å². The summed E-state index contributed by atoms with van der Waals surface area (Å²) in [6.07, 6.45) is 11.1. The molecule has 19 heavy (non-hydrogen) atoms. The van der Waals surface area contributed by atoms with E-state index in [1.807, 2.05) is 6.92 Å². The van der Waals surface area contributed by atoms with Crippen molar-refractivity contribution in [2.75, 3.05) is 0 Å². The zero-order valence-corrected chi connectivity index (χ0v) is 11.8. The lowest BCUT2D eigenvalue weighted by Gasteiger charge is -2.22. The third kappa shape index (κ3) is 3.59. The molecule has 0 radical (unpaired) electrons. The van der Waals surface area contributed by atoms with Crippen LogP contribution in [0, 0.1) is 23.7 Å². The highest BCUT2D eigenvalue weighted by molar-refractivity contribution is 5.66. The van der Waals surface area contributed by atoms with E-state index in [4.69, 9.17) is 5.11 Å². The maximum atomic E-state index is 10.4. The summed E-state index contributed by atoms with van der Waals surface area (Å²) in [5.41, 5.74) is 0. The molecule has 0 aromatic carbocycles. The number of hydrogen-bond donors (Lipinski definition) is 2. The number of hydrogen-bond acceptors (Lipinski definition) is 2. The SMILES string of the molecule is C[C@H](O)[C@@H]1[C@@H]2CC[C@H]1[C@@H](C/C=C\CCCC(=O)O)C2. The first-order valence-electron chi connectivity index (χ1n) is 7.64. The number of aliphatic hydroxyl groups excluding tert-OH is 1. The molecule has 108 valence electrons. The molecule has 3 nitrogen and oxygen atoms in total. The minimum atomic E-state index is -0.707. The van der Waals surface area contributed by atoms with E-state index in [2.05, 4.69) is 12.2 Å². The average Bonchev–Trinajstić information content (AvgIpc) is 2.90. The van der Waals surface area contributed by atoms with Crippen molar-refractivity contribution in [3.63, 3.8) is 0 Å². The Balaban J connectivity index is 1.70. The van der Waals surface area contributed by atoms with Gasteiger partial charge in [0.05, 0.1) is 6.10 Å². The molecule has 0 aromatic rings. The predicted molar refractivity (Wildman–Crippen MR) is 74.7 cm³/mol. The van der Waals surface area contributed by atoms with Gasteiger partial charge < -0.3 is 10.2 Å². The Kier molecular flexibility index (Phi) is 5.03. The lowest BCUT2D eigenvalue weighted by molar-refractivity contribution is -0.137. The van der Waals surface area contributed by atoms with Gasteiger partial charge in [-0.3, -0.25) is 4.79 Å². The summed E-state index contributed by atoms with van der Waals surface area (Å²) in [7, 11) is 0. The number of carboxylic acid groups (broad SMARTS) is 1. The molecule has 2 saturated carbocycles. The van der Waals surface area contributed by atoms with Crippen LogP contribution in [0.25, 0.3) is 0 Å². The Morgan fingerprint density at radius 2 is 2.16 bits per heavy atom. The molecule has 0 aliphatic heterocycles. The van der Waals surface area contributed by atoms with Gasteiger partial charge in [-0.2, -0.15) is 0 Å². The van der Waals surface area contributed by atoms with Crippen LogP contribution in [0.2, 0.25) is 0 Å². The van der Waals surface area contributed by atoms with Crippen LogP contribution in [0.4, 0.5) is 0 Å². The summed E-state index contributed by atoms with van der Waals surface area (Å²) in [6, 6.07) is 0. The second-order valence-electron chi connectivity index (χ2n) is 6.31. The number of aliphatic carboxylic acids is 1. The predicted octanol–water partition coefficient (Wildman–Crippen LogP) is 3.23. The lowest BCUT2D eigenvalue weighted by atomic mass is 9.84. The highest BCUT2D eigenvalue weighted by Gasteiger charge is 2.48. The molecule has 2 fully saturated rings. The maximum absolute atomic E-state index is 10.4. The van der Waals surface area contributed by atoms with Crippen molar-refractivity contribution < 1.29 is 15.0 Å². The molecule has 2 rings (SSSR count). The number of aliphatic hydroxyl groups is 1. The van der Waals surface area contributed by atoms with E-state index < -0.39 is 5.97 Å². The molecule has 2 N–H and O–H groups in total. The van der Waals surface area contributed by atoms with Crippen LogP contribution in [-0.2, 0) is 4.79 Å². The first kappa shape index (κ1) is 14.6. The van der Waals surface area contributed by atoms with E-state index in [9.17, 15) is 9.90 Å². The minimum Gasteiger partial charge on any atom is -0.481 e. The number of rotatable bonds is 7. The van der Waals surface area contributed by atoms with Crippen LogP contribution in [0.3, 0.4) is 0 Å². The fourth-order valence-electron chi connectivity index (χ4n) is 4.31. The van der Waals surface area contributed by atoms with E-state index in [1.54, 1.807) is 0 Å². The van der Waals surface area contributed by atoms with E-state index in [-0.39, 0.29) is 12.5 Å². The van der Waals surface area contributed by atoms with E-state index >= 15 is 0 Å². The monoisotopic (exact) mass is 266 g/mol. The Bertz CT molecular complexity index is 335. The molecule has 0 spiro atoms. The fourth-order valence-corrected chi connectivity index (χ4v) is 4.31. The molecule has 2 aliphatic carbocycles. The maximum Gasteiger partial charge on any atom is 0.303 e. The molecule has 0 amide bonds. The molecular weight excluding hydrogens is 240 g/mol. The van der Waals surface area contributed by atoms with Crippen molar-refractivity contribution in [1.82, 2.24) is 0 Å². The Hall–Kier alpha value is -0.830. The highest BCUT2D eigenvalue weighted by Crippen LogP contribution is 2.55. The van der Waals surface area contributed by atoms with Crippen molar-refractivity contribution in [2.24, 2.45) is 23.7 Å². The van der Waals surface area contributed by atoms with Crippen molar-refractivity contribution >= 4 is 5.97 Å². The third-order valence-corrected chi connectivity index (χ3v) is 5.04. The average molecular weight is 266 g/mol. The molecular formula is C16H26O3. The normalized spacial score (nSPS) is 35.1. The van der Waals surface area contributed by atoms with Gasteiger partial charge in [0, 0.05) is 6.42 Å². The van der Waals surface area contributed by atoms with Crippen molar-refractivity contribution in [1.29, 1.82) is 0 Å². The molecule has 2 aliphatic rings. The van der Waals surface area contributed by atoms with Crippen molar-refractivity contribution in [3.8, 4) is 0 Å². The summed E-state index contributed by atoms with van der Waals surface area (Å²) < 4.78 is 0. The topological polar surface area (TPSA) is 57.5 Å². The Morgan fingerprint density at radius 1 is 1.37 bits per heavy atom. The van der Waals surface area contributed by atoms with Gasteiger partial charge in [0.2, 0.25) is 0 Å². The second kappa shape index (κ2) is 6.56. The summed E-state index contributed by atoms with van der Waals surface area (Å²) in [5, 5.41) is 18.4. The largest absolute Gasteiger partial charge is 0.481 e. The number of fused-ring (bicyclic) bond motifs is 2. The molecule has 3 heteroatoms. The summed E-state index contributed by atoms with van der Waals surface area (Å²) >= 11 is 0. The number of carboxylic acids is 1. The smallest absolute Gasteiger partial charge is 0.303 e. The standard InChI is InChI=1S/C16H26O3/c1-11(17)16-13-8-9-14(16)12(10-13)6-4-2-3-5-7-15(18)19/h2,4,11-14,16-17H,3,5-10H2,1H3,(H,18,19)/b4-2-/t11-,12-,13+,14-,16+/m0/s1. The van der Waals surface area contributed by atoms with Gasteiger partial charge in [-0.15, -0.1) is 0 Å². The van der Waals surface area contributed by atoms with Gasteiger partial charge in [0.15, 0.2) is 0 Å². The fraction of sp³-hybridized carbons (Fsp3) is 0.812. The third-order valence-electron chi connectivity index (χ3n) is 5.04. The Labute approximate surface area is 115 Å². The second-order valence-corrected chi connectivity index (χ2v) is 6.31. The number of allylic oxidation sites excluding steroid dienone is 2. The molecule has 0 saturated heterocycles. The molecule has 5 atom stereocenters. The quantitative estimate of drug-likeness (QED) is 0.549. The van der Waals surface area contributed by atoms with Gasteiger partial charge in [-0.25, -0.2) is 0 Å². The first-order valence-corrected chi connectivity index (χ1v) is 7.64. The number of unbranched alkanes of at least 4 members (excludes halogenated alkanes) is 1. The van der Waals surface area contributed by atoms with Crippen molar-refractivity contribution in [3.05, 3.63) is 12.2 Å². The molecule has 0 aromatic heterocycles. The van der Waals surface area contributed by atoms with Crippen LogP contribution in [0.15, 0.2) is 12.2 Å². The first-order chi connectivity index (χ1) is 9.09. The summed E-state index contributed by atoms with van der Waals surface area (Å²) in [6.45, 7) is 1.94. The van der Waals surface area contributed by atoms with Crippen LogP contribution in [-0.4, -0.2) is 22.3 Å². The zero-order valence-electron chi connectivity index (χ0n) is 11.8. The van der Waals surface area contributed by atoms with E-state index in [0.717, 1.165) is 31.1 Å². The Morgan fingerprint density at radius 3 is 2.79 bits per heavy atom. The lowest BCUT2D eigenvalue weighted by Crippen LogP contribution is -2.22. The van der Waals surface area contributed by atoms with Crippen molar-refractivity contribution in [2.45, 2.75) is 58.0 Å². The van der Waals surface area contributed by atoms with Gasteiger partial charge in [0.1, 0.15) is 0 Å². The van der Waals surface area contributed by atoms with Crippen LogP contribution in [0.1, 0.15) is 51.9 Å². The van der Waals surface area contributed by atoms with Crippen LogP contribution in [0.5, 0.6) is 0 Å². The zero-order chi connectivity index (χ0) is 13.8. The molecule has 2 bridgehead atoms. The van der Waals surface area contributed by atoms with E-state index in [1.165, 1.54) is 19.3 Å². The summed E-state index contributed by atoms with van der Waals surface area (Å²) in [4.78, 5) is 10.4. The van der Waals surface area contributed by atoms with Crippen LogP contribution >= 0.6 is 0 Å². The van der Waals surface area contributed by atoms with Gasteiger partial charge in [-0.1, -0.05) is 12.2 Å². The van der Waals surface area contributed by atoms with E-state index in [0.29, 0.717) is 11.8 Å². The minimum absolute atomic E-state index is 0.151. The van der Waals surface area contributed by atoms with Crippen LogP contribution < -0.4 is 0 Å². The van der Waals surface area contributed by atoms with Gasteiger partial charge in [0.25, 0.3) is 0 Å². The summed E-state index contributed by atoms with van der Waals surface area (Å²) in [5.74, 6) is 2.03.